The van der Waals surface area contributed by atoms with Crippen molar-refractivity contribution in [1.82, 2.24) is 0 Å². The van der Waals surface area contributed by atoms with E-state index in [9.17, 15) is 14.7 Å². The summed E-state index contributed by atoms with van der Waals surface area (Å²) in [5.41, 5.74) is 1.29. The third-order valence-electron chi connectivity index (χ3n) is 5.18. The number of nitrogens with zero attached hydrogens (tertiary/aromatic N) is 1. The highest BCUT2D eigenvalue weighted by atomic mass is 31.2. The van der Waals surface area contributed by atoms with E-state index < -0.39 is 17.8 Å². The number of nitrogens with one attached hydrogen (secondary N) is 1. The number of hydrogen-bond acceptors (Lipinski definition) is 5. The van der Waals surface area contributed by atoms with E-state index in [1.165, 1.54) is 18.4 Å². The molecule has 0 amide bonds. The van der Waals surface area contributed by atoms with E-state index in [0.29, 0.717) is 22.1 Å². The zero-order valence-electron chi connectivity index (χ0n) is 16.8. The van der Waals surface area contributed by atoms with Crippen LogP contribution >= 0.6 is 7.14 Å². The van der Waals surface area contributed by atoms with Crippen molar-refractivity contribution < 1.29 is 13.9 Å². The van der Waals surface area contributed by atoms with Crippen LogP contribution in [0.2, 0.25) is 0 Å². The maximum absolute atomic E-state index is 14.9. The molecule has 1 heterocycles. The van der Waals surface area contributed by atoms with Gasteiger partial charge in [-0.3, -0.25) is 10.1 Å². The van der Waals surface area contributed by atoms with Gasteiger partial charge in [0.15, 0.2) is 7.14 Å². The number of aryl methyl sites for hydroxylation is 1. The van der Waals surface area contributed by atoms with Gasteiger partial charge in [-0.05, 0) is 24.6 Å². The monoisotopic (exact) mass is 432 g/mol. The highest BCUT2D eigenvalue weighted by molar-refractivity contribution is 7.79. The number of nitro benzene ring substituents is 1. The Morgan fingerprint density at radius 1 is 0.903 bits per heavy atom. The first-order valence-electron chi connectivity index (χ1n) is 9.76. The van der Waals surface area contributed by atoms with E-state index in [0.717, 1.165) is 5.56 Å². The van der Waals surface area contributed by atoms with Crippen LogP contribution in [0.4, 0.5) is 11.4 Å². The van der Waals surface area contributed by atoms with Crippen LogP contribution in [0.5, 0.6) is 0 Å². The second kappa shape index (κ2) is 8.62. The minimum atomic E-state index is -3.32. The highest BCUT2D eigenvalue weighted by Crippen LogP contribution is 2.57. The van der Waals surface area contributed by atoms with Crippen molar-refractivity contribution >= 4 is 29.1 Å². The third-order valence-corrected chi connectivity index (χ3v) is 8.42. The molecule has 1 N–H and O–H groups in total. The van der Waals surface area contributed by atoms with Crippen molar-refractivity contribution in [3.8, 4) is 0 Å². The number of rotatable bonds is 7. The summed E-state index contributed by atoms with van der Waals surface area (Å²) in [5.74, 6) is -0.269. The first kappa shape index (κ1) is 20.6. The van der Waals surface area contributed by atoms with E-state index >= 15 is 0 Å². The minimum absolute atomic E-state index is 0.0412. The van der Waals surface area contributed by atoms with Crippen molar-refractivity contribution in [3.63, 3.8) is 0 Å². The van der Waals surface area contributed by atoms with Crippen LogP contribution in [0.25, 0.3) is 0 Å². The molecule has 1 atom stereocenters. The maximum atomic E-state index is 14.9. The SMILES string of the molecule is Cc1ccc([N+](=O)[O-])cc1N[C@H](c1ccco1)P(=O)(c1ccccc1)c1ccccc1. The summed E-state index contributed by atoms with van der Waals surface area (Å²) in [6.07, 6.45) is 1.53. The predicted octanol–water partition coefficient (Wildman–Crippen LogP) is 5.62. The van der Waals surface area contributed by atoms with Crippen LogP contribution in [-0.4, -0.2) is 4.92 Å². The Balaban J connectivity index is 1.92. The average molecular weight is 432 g/mol. The summed E-state index contributed by atoms with van der Waals surface area (Å²) in [5, 5.41) is 16.0. The fourth-order valence-electron chi connectivity index (χ4n) is 3.56. The molecule has 6 nitrogen and oxygen atoms in total. The van der Waals surface area contributed by atoms with Crippen LogP contribution in [-0.2, 0) is 4.57 Å². The van der Waals surface area contributed by atoms with E-state index in [2.05, 4.69) is 5.32 Å². The fraction of sp³-hybridized carbons (Fsp3) is 0.0833. The van der Waals surface area contributed by atoms with E-state index in [4.69, 9.17) is 4.42 Å². The number of non-ortho nitro benzene ring substituents is 1. The molecule has 0 fully saturated rings. The summed E-state index contributed by atoms with van der Waals surface area (Å²) < 4.78 is 20.6. The maximum Gasteiger partial charge on any atom is 0.271 e. The van der Waals surface area contributed by atoms with Gasteiger partial charge in [0.25, 0.3) is 5.69 Å². The normalized spacial score (nSPS) is 12.3. The second-order valence-electron chi connectivity index (χ2n) is 7.15. The Hall–Kier alpha value is -3.63. The first-order chi connectivity index (χ1) is 15.0. The van der Waals surface area contributed by atoms with Crippen molar-refractivity contribution in [2.45, 2.75) is 12.7 Å². The molecular formula is C24H21N2O4P. The molecule has 156 valence electrons. The largest absolute Gasteiger partial charge is 0.467 e. The number of furan rings is 1. The lowest BCUT2D eigenvalue weighted by Gasteiger charge is -2.29. The molecule has 1 aromatic heterocycles. The predicted molar refractivity (Wildman–Crippen MR) is 123 cm³/mol. The molecule has 0 aliphatic heterocycles. The molecule has 0 saturated carbocycles. The van der Waals surface area contributed by atoms with Gasteiger partial charge >= 0.3 is 0 Å². The zero-order chi connectivity index (χ0) is 21.8. The van der Waals surface area contributed by atoms with Gasteiger partial charge in [0.05, 0.1) is 11.2 Å². The molecule has 4 rings (SSSR count). The third kappa shape index (κ3) is 4.03. The number of hydrogen-bond donors (Lipinski definition) is 1. The van der Waals surface area contributed by atoms with Crippen LogP contribution < -0.4 is 15.9 Å². The van der Waals surface area contributed by atoms with E-state index in [1.807, 2.05) is 67.6 Å². The summed E-state index contributed by atoms with van der Waals surface area (Å²) in [6.45, 7) is 1.85. The standard InChI is InChI=1S/C24H21N2O4P/c1-18-14-15-19(26(27)28)17-22(18)25-24(23-13-8-16-30-23)31(29,20-9-4-2-5-10-20)21-11-6-3-7-12-21/h2-17,24-25H,1H3/t24-/m0/s1. The van der Waals surface area contributed by atoms with Crippen molar-refractivity contribution in [2.75, 3.05) is 5.32 Å². The number of nitro groups is 1. The lowest BCUT2D eigenvalue weighted by molar-refractivity contribution is -0.384. The number of benzene rings is 3. The highest BCUT2D eigenvalue weighted by Gasteiger charge is 2.40. The molecule has 0 unspecified atom stereocenters. The molecule has 0 spiro atoms. The molecule has 0 aliphatic carbocycles. The Kier molecular flexibility index (Phi) is 5.74. The van der Waals surface area contributed by atoms with Crippen LogP contribution in [0, 0.1) is 17.0 Å². The van der Waals surface area contributed by atoms with Gasteiger partial charge in [-0.15, -0.1) is 0 Å². The van der Waals surface area contributed by atoms with Crippen molar-refractivity contribution in [1.29, 1.82) is 0 Å². The summed E-state index contributed by atoms with van der Waals surface area (Å²) in [6, 6.07) is 26.6. The van der Waals surface area contributed by atoms with Crippen LogP contribution in [0.1, 0.15) is 17.1 Å². The first-order valence-corrected chi connectivity index (χ1v) is 11.5. The Morgan fingerprint density at radius 2 is 1.52 bits per heavy atom. The van der Waals surface area contributed by atoms with Gasteiger partial charge in [-0.1, -0.05) is 66.7 Å². The molecule has 0 aliphatic rings. The topological polar surface area (TPSA) is 85.4 Å². The Labute approximate surface area is 180 Å². The zero-order valence-corrected chi connectivity index (χ0v) is 17.7. The summed E-state index contributed by atoms with van der Waals surface area (Å²) >= 11 is 0. The van der Waals surface area contributed by atoms with Crippen LogP contribution in [0.15, 0.2) is 102 Å². The molecule has 31 heavy (non-hydrogen) atoms. The van der Waals surface area contributed by atoms with Gasteiger partial charge in [-0.2, -0.15) is 0 Å². The van der Waals surface area contributed by atoms with Gasteiger partial charge in [0, 0.05) is 28.4 Å². The Morgan fingerprint density at radius 3 is 2.03 bits per heavy atom. The quantitative estimate of drug-likeness (QED) is 0.233. The van der Waals surface area contributed by atoms with Crippen molar-refractivity contribution in [2.24, 2.45) is 0 Å². The van der Waals surface area contributed by atoms with E-state index in [-0.39, 0.29) is 5.69 Å². The second-order valence-corrected chi connectivity index (χ2v) is 10.0. The molecule has 7 heteroatoms. The molecular weight excluding hydrogens is 411 g/mol. The summed E-state index contributed by atoms with van der Waals surface area (Å²) in [7, 11) is -3.32. The number of anilines is 1. The molecule has 0 saturated heterocycles. The fourth-order valence-corrected chi connectivity index (χ4v) is 6.51. The Bertz CT molecular complexity index is 1180. The van der Waals surface area contributed by atoms with E-state index in [1.54, 1.807) is 18.2 Å². The molecule has 4 aromatic rings. The molecule has 0 bridgehead atoms. The smallest absolute Gasteiger partial charge is 0.271 e. The summed E-state index contributed by atoms with van der Waals surface area (Å²) in [4.78, 5) is 10.9. The van der Waals surface area contributed by atoms with Gasteiger partial charge in [-0.25, -0.2) is 0 Å². The van der Waals surface area contributed by atoms with Gasteiger partial charge in [0.2, 0.25) is 0 Å². The van der Waals surface area contributed by atoms with Crippen LogP contribution in [0.3, 0.4) is 0 Å². The molecule has 0 radical (unpaired) electrons. The van der Waals surface area contributed by atoms with Gasteiger partial charge < -0.3 is 14.3 Å². The average Bonchev–Trinajstić information content (AvgIpc) is 3.33. The van der Waals surface area contributed by atoms with Gasteiger partial charge in [0.1, 0.15) is 11.5 Å². The van der Waals surface area contributed by atoms with Crippen molar-refractivity contribution in [3.05, 3.63) is 119 Å². The minimum Gasteiger partial charge on any atom is -0.467 e. The lowest BCUT2D eigenvalue weighted by Crippen LogP contribution is -2.25. The lowest BCUT2D eigenvalue weighted by atomic mass is 10.2. The molecule has 3 aromatic carbocycles.